The number of nitrogens with two attached hydrogens (primary N) is 1. The molecule has 0 aliphatic rings. The second-order valence-corrected chi connectivity index (χ2v) is 7.99. The minimum atomic E-state index is -3.51. The van der Waals surface area contributed by atoms with Crippen LogP contribution in [0.5, 0.6) is 0 Å². The van der Waals surface area contributed by atoms with E-state index in [0.29, 0.717) is 11.5 Å². The molecule has 4 nitrogen and oxygen atoms in total. The largest absolute Gasteiger partial charge is 0.389 e. The topological polar surface area (TPSA) is 72.2 Å². The Labute approximate surface area is 133 Å². The minimum Gasteiger partial charge on any atom is -0.389 e. The van der Waals surface area contributed by atoms with Crippen molar-refractivity contribution in [3.05, 3.63) is 29.3 Å². The number of hydrogen-bond donors (Lipinski definition) is 2. The summed E-state index contributed by atoms with van der Waals surface area (Å²) in [5.74, 6) is 0.559. The van der Waals surface area contributed by atoms with Crippen molar-refractivity contribution in [2.75, 3.05) is 0 Å². The van der Waals surface area contributed by atoms with Crippen LogP contribution in [0.3, 0.4) is 0 Å². The molecule has 21 heavy (non-hydrogen) atoms. The third-order valence-electron chi connectivity index (χ3n) is 3.31. The molecule has 0 saturated carbocycles. The monoisotopic (exact) mass is 328 g/mol. The van der Waals surface area contributed by atoms with Gasteiger partial charge in [0.25, 0.3) is 0 Å². The van der Waals surface area contributed by atoms with Crippen molar-refractivity contribution in [3.8, 4) is 0 Å². The maximum atomic E-state index is 12.3. The van der Waals surface area contributed by atoms with Crippen LogP contribution in [0.2, 0.25) is 0 Å². The molecule has 0 aliphatic carbocycles. The molecule has 1 aromatic carbocycles. The van der Waals surface area contributed by atoms with Gasteiger partial charge in [-0.15, -0.1) is 0 Å². The van der Waals surface area contributed by atoms with Crippen molar-refractivity contribution in [2.45, 2.75) is 51.5 Å². The highest BCUT2D eigenvalue weighted by molar-refractivity contribution is 7.89. The van der Waals surface area contributed by atoms with Gasteiger partial charge in [-0.05, 0) is 50.3 Å². The zero-order chi connectivity index (χ0) is 16.2. The zero-order valence-corrected chi connectivity index (χ0v) is 14.6. The summed E-state index contributed by atoms with van der Waals surface area (Å²) in [6, 6.07) is 4.71. The molecule has 0 radical (unpaired) electrons. The van der Waals surface area contributed by atoms with E-state index in [1.165, 1.54) is 0 Å². The van der Waals surface area contributed by atoms with Crippen molar-refractivity contribution < 1.29 is 8.42 Å². The van der Waals surface area contributed by atoms with E-state index < -0.39 is 10.0 Å². The summed E-state index contributed by atoms with van der Waals surface area (Å²) in [6.07, 6.45) is 1.81. The molecule has 118 valence electrons. The molecule has 0 fully saturated rings. The van der Waals surface area contributed by atoms with Crippen LogP contribution >= 0.6 is 12.2 Å². The number of hydrogen-bond acceptors (Lipinski definition) is 3. The first-order chi connectivity index (χ1) is 9.63. The van der Waals surface area contributed by atoms with E-state index in [-0.39, 0.29) is 15.9 Å². The molecule has 0 bridgehead atoms. The second-order valence-electron chi connectivity index (χ2n) is 5.83. The van der Waals surface area contributed by atoms with Crippen LogP contribution < -0.4 is 10.5 Å². The maximum Gasteiger partial charge on any atom is 0.240 e. The van der Waals surface area contributed by atoms with Gasteiger partial charge in [-0.25, -0.2) is 13.1 Å². The molecule has 0 aliphatic heterocycles. The predicted molar refractivity (Wildman–Crippen MR) is 90.9 cm³/mol. The highest BCUT2D eigenvalue weighted by Crippen LogP contribution is 2.17. The maximum absolute atomic E-state index is 12.3. The number of benzene rings is 1. The fraction of sp³-hybridized carbons (Fsp3) is 0.533. The van der Waals surface area contributed by atoms with Crippen LogP contribution in [0.1, 0.15) is 44.7 Å². The smallest absolute Gasteiger partial charge is 0.240 e. The van der Waals surface area contributed by atoms with E-state index in [1.807, 2.05) is 6.92 Å². The number of thiocarbonyl (C=S) groups is 1. The van der Waals surface area contributed by atoms with Gasteiger partial charge in [0, 0.05) is 11.6 Å². The molecule has 1 rings (SSSR count). The summed E-state index contributed by atoms with van der Waals surface area (Å²) in [7, 11) is -3.51. The highest BCUT2D eigenvalue weighted by Gasteiger charge is 2.18. The lowest BCUT2D eigenvalue weighted by Crippen LogP contribution is -2.33. The first-order valence-corrected chi connectivity index (χ1v) is 8.95. The Morgan fingerprint density at radius 2 is 1.90 bits per heavy atom. The van der Waals surface area contributed by atoms with Crippen molar-refractivity contribution in [1.29, 1.82) is 0 Å². The van der Waals surface area contributed by atoms with Gasteiger partial charge in [0.05, 0.1) is 4.90 Å². The Morgan fingerprint density at radius 3 is 2.38 bits per heavy atom. The summed E-state index contributed by atoms with van der Waals surface area (Å²) in [6.45, 7) is 7.93. The van der Waals surface area contributed by atoms with E-state index in [1.54, 1.807) is 25.1 Å². The molecule has 0 aromatic heterocycles. The molecule has 1 unspecified atom stereocenters. The van der Waals surface area contributed by atoms with Crippen LogP contribution in [-0.4, -0.2) is 19.4 Å². The fourth-order valence-corrected chi connectivity index (χ4v) is 3.65. The number of sulfonamides is 1. The Bertz CT molecular complexity index is 610. The number of aryl methyl sites for hydroxylation is 1. The third-order valence-corrected chi connectivity index (χ3v) is 5.11. The summed E-state index contributed by atoms with van der Waals surface area (Å²) in [4.78, 5) is 0.520. The van der Waals surface area contributed by atoms with E-state index in [2.05, 4.69) is 18.6 Å². The minimum absolute atomic E-state index is 0.0898. The van der Waals surface area contributed by atoms with E-state index in [0.717, 1.165) is 18.4 Å². The van der Waals surface area contributed by atoms with Gasteiger partial charge in [-0.1, -0.05) is 32.1 Å². The molecule has 0 amide bonds. The Kier molecular flexibility index (Phi) is 6.31. The quantitative estimate of drug-likeness (QED) is 0.755. The first kappa shape index (κ1) is 18.1. The molecular weight excluding hydrogens is 304 g/mol. The highest BCUT2D eigenvalue weighted by atomic mass is 32.2. The Morgan fingerprint density at radius 1 is 1.29 bits per heavy atom. The number of rotatable bonds is 7. The molecule has 1 atom stereocenters. The summed E-state index contributed by atoms with van der Waals surface area (Å²) < 4.78 is 27.4. The third kappa shape index (κ3) is 5.37. The van der Waals surface area contributed by atoms with Gasteiger partial charge >= 0.3 is 0 Å². The molecule has 0 heterocycles. The van der Waals surface area contributed by atoms with Crippen LogP contribution in [0, 0.1) is 12.8 Å². The van der Waals surface area contributed by atoms with Crippen LogP contribution in [-0.2, 0) is 10.0 Å². The molecule has 0 saturated heterocycles. The SMILES string of the molecule is Cc1cc(S(=O)(=O)NC(C)CCC(C)C)ccc1C(N)=S. The average molecular weight is 329 g/mol. The summed E-state index contributed by atoms with van der Waals surface area (Å²) in [5.41, 5.74) is 7.06. The lowest BCUT2D eigenvalue weighted by atomic mass is 10.1. The normalized spacial score (nSPS) is 13.4. The van der Waals surface area contributed by atoms with E-state index in [9.17, 15) is 8.42 Å². The Balaban J connectivity index is 2.88. The van der Waals surface area contributed by atoms with E-state index in [4.69, 9.17) is 18.0 Å². The second kappa shape index (κ2) is 7.33. The van der Waals surface area contributed by atoms with Gasteiger partial charge in [0.1, 0.15) is 4.99 Å². The van der Waals surface area contributed by atoms with Gasteiger partial charge in [0.2, 0.25) is 10.0 Å². The predicted octanol–water partition coefficient (Wildman–Crippen LogP) is 2.73. The van der Waals surface area contributed by atoms with Gasteiger partial charge < -0.3 is 5.73 Å². The van der Waals surface area contributed by atoms with Gasteiger partial charge in [-0.3, -0.25) is 0 Å². The van der Waals surface area contributed by atoms with Crippen molar-refractivity contribution >= 4 is 27.2 Å². The molecule has 0 spiro atoms. The number of nitrogens with one attached hydrogen (secondary N) is 1. The molecular formula is C15H24N2O2S2. The van der Waals surface area contributed by atoms with Crippen molar-refractivity contribution in [2.24, 2.45) is 11.7 Å². The first-order valence-electron chi connectivity index (χ1n) is 7.06. The van der Waals surface area contributed by atoms with E-state index >= 15 is 0 Å². The molecule has 3 N–H and O–H groups in total. The molecule has 1 aromatic rings. The fourth-order valence-electron chi connectivity index (χ4n) is 2.05. The van der Waals surface area contributed by atoms with Crippen molar-refractivity contribution in [1.82, 2.24) is 4.72 Å². The molecule has 6 heteroatoms. The summed E-state index contributed by atoms with van der Waals surface area (Å²) in [5, 5.41) is 0. The summed E-state index contributed by atoms with van der Waals surface area (Å²) >= 11 is 4.93. The van der Waals surface area contributed by atoms with Crippen LogP contribution in [0.15, 0.2) is 23.1 Å². The Hall–Kier alpha value is -0.980. The van der Waals surface area contributed by atoms with Gasteiger partial charge in [-0.2, -0.15) is 0 Å². The standard InChI is InChI=1S/C15H24N2O2S2/c1-10(2)5-6-12(4)17-21(18,19)13-7-8-14(15(16)20)11(3)9-13/h7-10,12,17H,5-6H2,1-4H3,(H2,16,20). The lowest BCUT2D eigenvalue weighted by Gasteiger charge is -2.16. The average Bonchev–Trinajstić information content (AvgIpc) is 2.35. The van der Waals surface area contributed by atoms with Crippen LogP contribution in [0.25, 0.3) is 0 Å². The van der Waals surface area contributed by atoms with Crippen molar-refractivity contribution in [3.63, 3.8) is 0 Å². The lowest BCUT2D eigenvalue weighted by molar-refractivity contribution is 0.485. The zero-order valence-electron chi connectivity index (χ0n) is 13.0. The van der Waals surface area contributed by atoms with Gasteiger partial charge in [0.15, 0.2) is 0 Å². The van der Waals surface area contributed by atoms with Crippen LogP contribution in [0.4, 0.5) is 0 Å².